The third kappa shape index (κ3) is 2.22. The molecule has 0 aromatic carbocycles. The van der Waals surface area contributed by atoms with E-state index in [1.165, 1.54) is 32.1 Å². The van der Waals surface area contributed by atoms with Crippen molar-refractivity contribution in [2.75, 3.05) is 0 Å². The summed E-state index contributed by atoms with van der Waals surface area (Å²) in [5.41, 5.74) is 1.45. The third-order valence-corrected chi connectivity index (χ3v) is 8.86. The molecule has 0 N–H and O–H groups in total. The van der Waals surface area contributed by atoms with Crippen LogP contribution >= 0.6 is 0 Å². The molecule has 4 saturated carbocycles. The van der Waals surface area contributed by atoms with Crippen molar-refractivity contribution in [3.8, 4) is 0 Å². The molecule has 4 fully saturated rings. The minimum atomic E-state index is 0.718. The summed E-state index contributed by atoms with van der Waals surface area (Å²) in [5.74, 6) is 4.36. The molecule has 4 rings (SSSR count). The van der Waals surface area contributed by atoms with Crippen molar-refractivity contribution < 1.29 is 0 Å². The van der Waals surface area contributed by atoms with Gasteiger partial charge in [0.1, 0.15) is 0 Å². The van der Waals surface area contributed by atoms with E-state index in [9.17, 15) is 0 Å². The number of hydrogen-bond donors (Lipinski definition) is 0. The summed E-state index contributed by atoms with van der Waals surface area (Å²) in [4.78, 5) is 0. The van der Waals surface area contributed by atoms with Crippen LogP contribution in [0.15, 0.2) is 0 Å². The van der Waals surface area contributed by atoms with Crippen LogP contribution in [0, 0.1) is 34.5 Å². The predicted octanol–water partition coefficient (Wildman–Crippen LogP) is 6.59. The van der Waals surface area contributed by atoms with Gasteiger partial charge in [0.2, 0.25) is 0 Å². The standard InChI is InChI=1S/C21H36/c1-20-13-6-3-4-9-18(20)17-11-10-16-8-5-7-14-21(16,2)19(17)12-15-20/h16-19H,3-15H2,1-2H3. The van der Waals surface area contributed by atoms with E-state index in [1.807, 2.05) is 0 Å². The van der Waals surface area contributed by atoms with Crippen molar-refractivity contribution in [2.24, 2.45) is 34.5 Å². The Hall–Kier alpha value is 0. The van der Waals surface area contributed by atoms with Crippen LogP contribution in [0.2, 0.25) is 0 Å². The number of hydrogen-bond acceptors (Lipinski definition) is 0. The zero-order valence-corrected chi connectivity index (χ0v) is 14.5. The van der Waals surface area contributed by atoms with Crippen LogP contribution in [0.1, 0.15) is 97.3 Å². The molecule has 6 atom stereocenters. The maximum absolute atomic E-state index is 2.72. The molecule has 4 aliphatic carbocycles. The molecule has 21 heavy (non-hydrogen) atoms. The molecule has 0 aromatic heterocycles. The molecule has 4 aliphatic rings. The summed E-state index contributed by atoms with van der Waals surface area (Å²) in [6, 6.07) is 0. The minimum Gasteiger partial charge on any atom is -0.0594 e. The van der Waals surface area contributed by atoms with Gasteiger partial charge in [0.05, 0.1) is 0 Å². The fourth-order valence-corrected chi connectivity index (χ4v) is 7.63. The normalized spacial score (nSPS) is 54.0. The molecule has 0 spiro atoms. The Morgan fingerprint density at radius 3 is 2.33 bits per heavy atom. The van der Waals surface area contributed by atoms with Crippen molar-refractivity contribution in [3.05, 3.63) is 0 Å². The Morgan fingerprint density at radius 1 is 0.619 bits per heavy atom. The van der Waals surface area contributed by atoms with Gasteiger partial charge in [0.15, 0.2) is 0 Å². The van der Waals surface area contributed by atoms with Crippen LogP contribution in [0.25, 0.3) is 0 Å². The smallest absolute Gasteiger partial charge is 0.0266 e. The lowest BCUT2D eigenvalue weighted by molar-refractivity contribution is -0.113. The van der Waals surface area contributed by atoms with Crippen molar-refractivity contribution in [2.45, 2.75) is 97.3 Å². The van der Waals surface area contributed by atoms with Crippen LogP contribution in [-0.2, 0) is 0 Å². The van der Waals surface area contributed by atoms with Gasteiger partial charge in [-0.3, -0.25) is 0 Å². The third-order valence-electron chi connectivity index (χ3n) is 8.86. The molecule has 0 nitrogen and oxygen atoms in total. The monoisotopic (exact) mass is 288 g/mol. The quantitative estimate of drug-likeness (QED) is 0.471. The van der Waals surface area contributed by atoms with Crippen LogP contribution in [0.4, 0.5) is 0 Å². The minimum absolute atomic E-state index is 0.718. The molecule has 120 valence electrons. The maximum atomic E-state index is 2.72. The first-order valence-electron chi connectivity index (χ1n) is 10.1. The number of fused-ring (bicyclic) bond motifs is 5. The van der Waals surface area contributed by atoms with E-state index < -0.39 is 0 Å². The Morgan fingerprint density at radius 2 is 1.43 bits per heavy atom. The molecule has 0 heterocycles. The SMILES string of the molecule is CC12CCCCCC1C1CCC3CCCCC3(C)C1CC2. The van der Waals surface area contributed by atoms with Crippen molar-refractivity contribution >= 4 is 0 Å². The fraction of sp³-hybridized carbons (Fsp3) is 1.00. The molecule has 0 amide bonds. The van der Waals surface area contributed by atoms with Gasteiger partial charge in [0.25, 0.3) is 0 Å². The maximum Gasteiger partial charge on any atom is -0.0266 e. The Kier molecular flexibility index (Phi) is 3.66. The van der Waals surface area contributed by atoms with Gasteiger partial charge in [-0.2, -0.15) is 0 Å². The lowest BCUT2D eigenvalue weighted by Crippen LogP contribution is -2.52. The summed E-state index contributed by atoms with van der Waals surface area (Å²) in [6.07, 6.45) is 20.1. The zero-order chi connectivity index (χ0) is 14.5. The van der Waals surface area contributed by atoms with Gasteiger partial charge in [-0.25, -0.2) is 0 Å². The Bertz CT molecular complexity index is 385. The number of rotatable bonds is 0. The molecular weight excluding hydrogens is 252 g/mol. The van der Waals surface area contributed by atoms with E-state index in [0.717, 1.165) is 34.5 Å². The van der Waals surface area contributed by atoms with E-state index >= 15 is 0 Å². The first-order valence-corrected chi connectivity index (χ1v) is 10.1. The van der Waals surface area contributed by atoms with Crippen molar-refractivity contribution in [1.82, 2.24) is 0 Å². The van der Waals surface area contributed by atoms with Gasteiger partial charge in [-0.1, -0.05) is 46.0 Å². The van der Waals surface area contributed by atoms with Gasteiger partial charge >= 0.3 is 0 Å². The summed E-state index contributed by atoms with van der Waals surface area (Å²) in [7, 11) is 0. The van der Waals surface area contributed by atoms with Crippen LogP contribution < -0.4 is 0 Å². The van der Waals surface area contributed by atoms with E-state index in [4.69, 9.17) is 0 Å². The molecule has 0 aliphatic heterocycles. The fourth-order valence-electron chi connectivity index (χ4n) is 7.63. The Labute approximate surface area is 132 Å². The lowest BCUT2D eigenvalue weighted by Gasteiger charge is -2.61. The van der Waals surface area contributed by atoms with Gasteiger partial charge < -0.3 is 0 Å². The van der Waals surface area contributed by atoms with Crippen LogP contribution in [-0.4, -0.2) is 0 Å². The van der Waals surface area contributed by atoms with E-state index in [-0.39, 0.29) is 0 Å². The summed E-state index contributed by atoms with van der Waals surface area (Å²) < 4.78 is 0. The second-order valence-corrected chi connectivity index (χ2v) is 9.69. The van der Waals surface area contributed by atoms with Crippen LogP contribution in [0.3, 0.4) is 0 Å². The molecule has 0 heteroatoms. The van der Waals surface area contributed by atoms with E-state index in [1.54, 1.807) is 51.4 Å². The first kappa shape index (κ1) is 14.6. The average molecular weight is 289 g/mol. The largest absolute Gasteiger partial charge is 0.0594 e. The highest BCUT2D eigenvalue weighted by molar-refractivity contribution is 5.05. The summed E-state index contributed by atoms with van der Waals surface area (Å²) in [5, 5.41) is 0. The molecule has 0 aromatic rings. The summed E-state index contributed by atoms with van der Waals surface area (Å²) in [6.45, 7) is 5.39. The second-order valence-electron chi connectivity index (χ2n) is 9.69. The van der Waals surface area contributed by atoms with E-state index in [2.05, 4.69) is 13.8 Å². The topological polar surface area (TPSA) is 0 Å². The highest BCUT2D eigenvalue weighted by atomic mass is 14.6. The molecule has 0 radical (unpaired) electrons. The molecular formula is C21H36. The molecule has 0 bridgehead atoms. The highest BCUT2D eigenvalue weighted by Gasteiger charge is 2.55. The second kappa shape index (κ2) is 5.27. The highest BCUT2D eigenvalue weighted by Crippen LogP contribution is 2.64. The van der Waals surface area contributed by atoms with Crippen molar-refractivity contribution in [3.63, 3.8) is 0 Å². The average Bonchev–Trinajstić information content (AvgIpc) is 2.68. The zero-order valence-electron chi connectivity index (χ0n) is 14.5. The van der Waals surface area contributed by atoms with Gasteiger partial charge in [0, 0.05) is 0 Å². The predicted molar refractivity (Wildman–Crippen MR) is 90.2 cm³/mol. The summed E-state index contributed by atoms with van der Waals surface area (Å²) >= 11 is 0. The molecule has 0 saturated heterocycles. The van der Waals surface area contributed by atoms with Crippen LogP contribution in [0.5, 0.6) is 0 Å². The van der Waals surface area contributed by atoms with Crippen molar-refractivity contribution in [1.29, 1.82) is 0 Å². The van der Waals surface area contributed by atoms with Gasteiger partial charge in [-0.15, -0.1) is 0 Å². The molecule has 6 unspecified atom stereocenters. The Balaban J connectivity index is 1.63. The first-order chi connectivity index (χ1) is 10.1. The van der Waals surface area contributed by atoms with E-state index in [0.29, 0.717) is 0 Å². The van der Waals surface area contributed by atoms with Gasteiger partial charge in [-0.05, 0) is 85.9 Å². The lowest BCUT2D eigenvalue weighted by atomic mass is 9.44.